The lowest BCUT2D eigenvalue weighted by atomic mass is 10.2. The monoisotopic (exact) mass is 416 g/mol. The number of hydrogen-bond acceptors (Lipinski definition) is 3. The van der Waals surface area contributed by atoms with Crippen LogP contribution in [0.25, 0.3) is 0 Å². The van der Waals surface area contributed by atoms with E-state index in [2.05, 4.69) is 26.8 Å². The van der Waals surface area contributed by atoms with Crippen molar-refractivity contribution in [3.63, 3.8) is 0 Å². The van der Waals surface area contributed by atoms with Gasteiger partial charge in [0, 0.05) is 10.0 Å². The molecule has 0 saturated carbocycles. The van der Waals surface area contributed by atoms with Gasteiger partial charge in [-0.3, -0.25) is 20.4 Å². The fraction of sp³-hybridized carbons (Fsp3) is 0.125. The van der Waals surface area contributed by atoms with E-state index in [1.165, 1.54) is 0 Å². The molecule has 0 heterocycles. The Morgan fingerprint density at radius 2 is 1.56 bits per heavy atom. The van der Waals surface area contributed by atoms with Crippen LogP contribution in [0.5, 0.6) is 5.75 Å². The van der Waals surface area contributed by atoms with Crippen molar-refractivity contribution in [2.45, 2.75) is 6.18 Å². The molecule has 0 aliphatic carbocycles. The van der Waals surface area contributed by atoms with Crippen molar-refractivity contribution in [3.05, 3.63) is 64.1 Å². The van der Waals surface area contributed by atoms with Gasteiger partial charge in [-0.1, -0.05) is 15.9 Å². The highest BCUT2D eigenvalue weighted by molar-refractivity contribution is 9.10. The first-order valence-corrected chi connectivity index (χ1v) is 7.70. The van der Waals surface area contributed by atoms with Gasteiger partial charge in [-0.2, -0.15) is 13.2 Å². The number of halogens is 4. The molecule has 2 N–H and O–H groups in total. The standard InChI is InChI=1S/C16H12BrF3N2O3/c17-12-5-1-10(2-6-12)15(24)22-21-14(23)9-25-13-7-3-11(4-8-13)16(18,19)20/h1-8H,9H2,(H,21,23)(H,22,24). The highest BCUT2D eigenvalue weighted by Crippen LogP contribution is 2.30. The molecule has 2 rings (SSSR count). The number of alkyl halides is 3. The van der Waals surface area contributed by atoms with Gasteiger partial charge < -0.3 is 4.74 Å². The summed E-state index contributed by atoms with van der Waals surface area (Å²) in [4.78, 5) is 23.4. The van der Waals surface area contributed by atoms with Crippen LogP contribution in [0, 0.1) is 0 Å². The normalized spacial score (nSPS) is 10.9. The summed E-state index contributed by atoms with van der Waals surface area (Å²) in [6.45, 7) is -0.466. The van der Waals surface area contributed by atoms with Gasteiger partial charge in [-0.25, -0.2) is 0 Å². The first kappa shape index (κ1) is 18.8. The number of amides is 2. The summed E-state index contributed by atoms with van der Waals surface area (Å²) in [7, 11) is 0. The molecule has 5 nitrogen and oxygen atoms in total. The van der Waals surface area contributed by atoms with Gasteiger partial charge in [0.05, 0.1) is 5.56 Å². The molecule has 0 saturated heterocycles. The molecule has 2 aromatic carbocycles. The van der Waals surface area contributed by atoms with E-state index >= 15 is 0 Å². The number of hydrogen-bond donors (Lipinski definition) is 2. The lowest BCUT2D eigenvalue weighted by Gasteiger charge is -2.10. The molecule has 0 bridgehead atoms. The minimum atomic E-state index is -4.44. The number of benzene rings is 2. The van der Waals surface area contributed by atoms with Gasteiger partial charge in [0.25, 0.3) is 11.8 Å². The number of rotatable bonds is 4. The highest BCUT2D eigenvalue weighted by Gasteiger charge is 2.30. The smallest absolute Gasteiger partial charge is 0.416 e. The molecule has 0 spiro atoms. The van der Waals surface area contributed by atoms with Crippen LogP contribution in [-0.4, -0.2) is 18.4 Å². The molecule has 2 aromatic rings. The van der Waals surface area contributed by atoms with Crippen LogP contribution in [0.4, 0.5) is 13.2 Å². The Hall–Kier alpha value is -2.55. The predicted octanol–water partition coefficient (Wildman–Crippen LogP) is 3.31. The first-order chi connectivity index (χ1) is 11.8. The quantitative estimate of drug-likeness (QED) is 0.751. The Labute approximate surface area is 149 Å². The van der Waals surface area contributed by atoms with Crippen molar-refractivity contribution >= 4 is 27.7 Å². The Morgan fingerprint density at radius 3 is 2.12 bits per heavy atom. The Bertz CT molecular complexity index is 747. The maximum atomic E-state index is 12.4. The van der Waals surface area contributed by atoms with E-state index in [0.717, 1.165) is 28.7 Å². The summed E-state index contributed by atoms with van der Waals surface area (Å²) in [6.07, 6.45) is -4.44. The van der Waals surface area contributed by atoms with E-state index in [0.29, 0.717) is 5.56 Å². The van der Waals surface area contributed by atoms with Gasteiger partial charge in [-0.05, 0) is 48.5 Å². The van der Waals surface area contributed by atoms with Gasteiger partial charge >= 0.3 is 6.18 Å². The molecule has 0 aliphatic rings. The number of ether oxygens (including phenoxy) is 1. The largest absolute Gasteiger partial charge is 0.484 e. The average Bonchev–Trinajstić information content (AvgIpc) is 2.58. The van der Waals surface area contributed by atoms with E-state index in [-0.39, 0.29) is 5.75 Å². The van der Waals surface area contributed by atoms with Crippen LogP contribution in [0.3, 0.4) is 0 Å². The van der Waals surface area contributed by atoms with Crippen LogP contribution < -0.4 is 15.6 Å². The van der Waals surface area contributed by atoms with Crippen molar-refractivity contribution in [1.82, 2.24) is 10.9 Å². The zero-order chi connectivity index (χ0) is 18.4. The summed E-state index contributed by atoms with van der Waals surface area (Å²) in [5.41, 5.74) is 3.87. The van der Waals surface area contributed by atoms with Crippen LogP contribution in [0.15, 0.2) is 53.0 Å². The molecular weight excluding hydrogens is 405 g/mol. The fourth-order valence-corrected chi connectivity index (χ4v) is 1.99. The Kier molecular flexibility index (Phi) is 6.02. The third-order valence-corrected chi connectivity index (χ3v) is 3.50. The second-order valence-corrected chi connectivity index (χ2v) is 5.74. The third-order valence-electron chi connectivity index (χ3n) is 2.97. The second kappa shape index (κ2) is 8.02. The summed E-state index contributed by atoms with van der Waals surface area (Å²) in [5.74, 6) is -1.08. The van der Waals surface area contributed by atoms with Gasteiger partial charge in [0.15, 0.2) is 6.61 Å². The first-order valence-electron chi connectivity index (χ1n) is 6.90. The van der Waals surface area contributed by atoms with Crippen molar-refractivity contribution in [2.75, 3.05) is 6.61 Å². The van der Waals surface area contributed by atoms with E-state index in [4.69, 9.17) is 4.74 Å². The number of carbonyl (C=O) groups is 2. The maximum absolute atomic E-state index is 12.4. The minimum Gasteiger partial charge on any atom is -0.484 e. The molecule has 132 valence electrons. The van der Waals surface area contributed by atoms with Gasteiger partial charge in [0.2, 0.25) is 0 Å². The number of nitrogens with one attached hydrogen (secondary N) is 2. The lowest BCUT2D eigenvalue weighted by molar-refractivity contribution is -0.137. The Morgan fingerprint density at radius 1 is 0.960 bits per heavy atom. The second-order valence-electron chi connectivity index (χ2n) is 4.82. The summed E-state index contributed by atoms with van der Waals surface area (Å²) in [5, 5.41) is 0. The van der Waals surface area contributed by atoms with Crippen molar-refractivity contribution in [1.29, 1.82) is 0 Å². The zero-order valence-electron chi connectivity index (χ0n) is 12.6. The van der Waals surface area contributed by atoms with Gasteiger partial charge in [0.1, 0.15) is 5.75 Å². The van der Waals surface area contributed by atoms with Crippen molar-refractivity contribution in [2.24, 2.45) is 0 Å². The van der Waals surface area contributed by atoms with Crippen molar-refractivity contribution < 1.29 is 27.5 Å². The molecule has 0 radical (unpaired) electrons. The van der Waals surface area contributed by atoms with E-state index in [1.54, 1.807) is 24.3 Å². The molecule has 25 heavy (non-hydrogen) atoms. The topological polar surface area (TPSA) is 67.4 Å². The molecule has 0 atom stereocenters. The van der Waals surface area contributed by atoms with E-state index < -0.39 is 30.2 Å². The van der Waals surface area contributed by atoms with E-state index in [9.17, 15) is 22.8 Å². The SMILES string of the molecule is O=C(COc1ccc(C(F)(F)F)cc1)NNC(=O)c1ccc(Br)cc1. The van der Waals surface area contributed by atoms with E-state index in [1.807, 2.05) is 0 Å². The summed E-state index contributed by atoms with van der Waals surface area (Å²) >= 11 is 3.23. The average molecular weight is 417 g/mol. The van der Waals surface area contributed by atoms with Crippen LogP contribution in [0.2, 0.25) is 0 Å². The molecular formula is C16H12BrF3N2O3. The van der Waals surface area contributed by atoms with Crippen LogP contribution in [0.1, 0.15) is 15.9 Å². The number of hydrazine groups is 1. The summed E-state index contributed by atoms with van der Waals surface area (Å²) < 4.78 is 43.1. The number of carbonyl (C=O) groups excluding carboxylic acids is 2. The zero-order valence-corrected chi connectivity index (χ0v) is 14.1. The molecule has 0 aliphatic heterocycles. The molecule has 9 heteroatoms. The predicted molar refractivity (Wildman–Crippen MR) is 86.7 cm³/mol. The molecule has 2 amide bonds. The van der Waals surface area contributed by atoms with Crippen LogP contribution in [-0.2, 0) is 11.0 Å². The molecule has 0 aromatic heterocycles. The molecule has 0 unspecified atom stereocenters. The summed E-state index contributed by atoms with van der Waals surface area (Å²) in [6, 6.07) is 10.4. The van der Waals surface area contributed by atoms with Crippen LogP contribution >= 0.6 is 15.9 Å². The Balaban J connectivity index is 1.79. The fourth-order valence-electron chi connectivity index (χ4n) is 1.73. The minimum absolute atomic E-state index is 0.0994. The lowest BCUT2D eigenvalue weighted by Crippen LogP contribution is -2.43. The van der Waals surface area contributed by atoms with Crippen molar-refractivity contribution in [3.8, 4) is 5.75 Å². The molecule has 0 fully saturated rings. The third kappa shape index (κ3) is 5.79. The van der Waals surface area contributed by atoms with Gasteiger partial charge in [-0.15, -0.1) is 0 Å². The maximum Gasteiger partial charge on any atom is 0.416 e. The highest BCUT2D eigenvalue weighted by atomic mass is 79.9.